The molecule has 0 aliphatic rings. The van der Waals surface area contributed by atoms with Gasteiger partial charge in [0, 0.05) is 13.2 Å². The van der Waals surface area contributed by atoms with Gasteiger partial charge in [-0.1, -0.05) is 0 Å². The van der Waals surface area contributed by atoms with Crippen LogP contribution in [0.1, 0.15) is 10.5 Å². The number of hydrogen-bond acceptors (Lipinski definition) is 4. The molecule has 0 spiro atoms. The van der Waals surface area contributed by atoms with Crippen LogP contribution in [-0.4, -0.2) is 22.9 Å². The maximum atomic E-state index is 11.1. The third-order valence-electron chi connectivity index (χ3n) is 1.36. The van der Waals surface area contributed by atoms with Gasteiger partial charge in [-0.15, -0.1) is 0 Å². The molecule has 0 aliphatic heterocycles. The van der Waals surface area contributed by atoms with Crippen LogP contribution in [0.15, 0.2) is 6.20 Å². The molecule has 1 aromatic rings. The van der Waals surface area contributed by atoms with Gasteiger partial charge in [-0.3, -0.25) is 4.68 Å². The molecule has 1 N–H and O–H groups in total. The molecule has 0 amide bonds. The second kappa shape index (κ2) is 3.54. The van der Waals surface area contributed by atoms with Gasteiger partial charge in [-0.25, -0.2) is 4.79 Å². The number of aromatic nitrogens is 2. The first-order valence-electron chi connectivity index (χ1n) is 3.27. The van der Waals surface area contributed by atoms with Gasteiger partial charge in [-0.05, 0) is 9.39 Å². The lowest BCUT2D eigenvalue weighted by Crippen LogP contribution is -2.04. The van der Waals surface area contributed by atoms with Crippen molar-refractivity contribution in [3.05, 3.63) is 11.9 Å². The summed E-state index contributed by atoms with van der Waals surface area (Å²) >= 11 is 0. The van der Waals surface area contributed by atoms with Crippen LogP contribution in [-0.2, 0) is 11.8 Å². The van der Waals surface area contributed by atoms with Gasteiger partial charge in [0.1, 0.15) is 0 Å². The Hall–Kier alpha value is -1.09. The Bertz CT molecular complexity index is 297. The Morgan fingerprint density at radius 3 is 3.00 bits per heavy atom. The van der Waals surface area contributed by atoms with E-state index in [-0.39, 0.29) is 5.69 Å². The normalized spacial score (nSPS) is 9.58. The highest BCUT2D eigenvalue weighted by Gasteiger charge is 2.14. The summed E-state index contributed by atoms with van der Waals surface area (Å²) < 4.78 is 6.07. The number of anilines is 1. The van der Waals surface area contributed by atoms with E-state index < -0.39 is 5.97 Å². The molecule has 6 heteroatoms. The van der Waals surface area contributed by atoms with Crippen LogP contribution in [0.5, 0.6) is 0 Å². The molecule has 0 bridgehead atoms. The summed E-state index contributed by atoms with van der Waals surface area (Å²) in [5.74, 6) is -0.444. The summed E-state index contributed by atoms with van der Waals surface area (Å²) in [6.45, 7) is 0. The van der Waals surface area contributed by atoms with Gasteiger partial charge in [0.2, 0.25) is 0 Å². The van der Waals surface area contributed by atoms with Gasteiger partial charge < -0.3 is 9.82 Å². The standard InChI is InChI=1S/C6H10N3O2P/c1-9-3-4(8-12)5(7-9)6(10)11-2/h3,8H,12H2,1-2H3. The van der Waals surface area contributed by atoms with E-state index in [1.807, 2.05) is 0 Å². The second-order valence-corrected chi connectivity index (χ2v) is 2.49. The maximum Gasteiger partial charge on any atom is 0.360 e. The molecule has 1 rings (SSSR count). The van der Waals surface area contributed by atoms with Crippen molar-refractivity contribution in [2.24, 2.45) is 7.05 Å². The Kier molecular flexibility index (Phi) is 2.65. The third-order valence-corrected chi connectivity index (χ3v) is 1.67. The molecule has 1 atom stereocenters. The minimum absolute atomic E-state index is 0.287. The SMILES string of the molecule is COC(=O)c1nn(C)cc1NP. The molecular weight excluding hydrogens is 177 g/mol. The van der Waals surface area contributed by atoms with Gasteiger partial charge in [0.25, 0.3) is 0 Å². The van der Waals surface area contributed by atoms with E-state index in [4.69, 9.17) is 0 Å². The number of nitrogens with zero attached hydrogens (tertiary/aromatic N) is 2. The number of carbonyl (C=O) groups is 1. The van der Waals surface area contributed by atoms with E-state index in [1.54, 1.807) is 17.9 Å². The molecule has 0 aliphatic carbocycles. The molecule has 0 saturated carbocycles. The van der Waals surface area contributed by atoms with Crippen molar-refractivity contribution in [3.8, 4) is 0 Å². The summed E-state index contributed by atoms with van der Waals surface area (Å²) in [6, 6.07) is 0. The molecule has 1 heterocycles. The Balaban J connectivity index is 3.04. The van der Waals surface area contributed by atoms with Crippen molar-refractivity contribution in [2.45, 2.75) is 0 Å². The minimum atomic E-state index is -0.444. The van der Waals surface area contributed by atoms with E-state index >= 15 is 0 Å². The highest BCUT2D eigenvalue weighted by atomic mass is 31.0. The first-order chi connectivity index (χ1) is 5.69. The molecule has 12 heavy (non-hydrogen) atoms. The van der Waals surface area contributed by atoms with Gasteiger partial charge in [0.05, 0.1) is 12.8 Å². The van der Waals surface area contributed by atoms with Crippen LogP contribution in [0.3, 0.4) is 0 Å². The predicted molar refractivity (Wildman–Crippen MR) is 47.9 cm³/mol. The topological polar surface area (TPSA) is 56.1 Å². The summed E-state index contributed by atoms with van der Waals surface area (Å²) in [6.07, 6.45) is 1.69. The zero-order valence-electron chi connectivity index (χ0n) is 6.87. The Morgan fingerprint density at radius 1 is 1.83 bits per heavy atom. The zero-order chi connectivity index (χ0) is 9.14. The minimum Gasteiger partial charge on any atom is -0.464 e. The van der Waals surface area contributed by atoms with Crippen molar-refractivity contribution in [1.29, 1.82) is 0 Å². The third kappa shape index (κ3) is 1.56. The predicted octanol–water partition coefficient (Wildman–Crippen LogP) is 0.409. The number of hydrogen-bond donors (Lipinski definition) is 1. The molecule has 0 saturated heterocycles. The van der Waals surface area contributed by atoms with Crippen LogP contribution in [0.4, 0.5) is 5.69 Å². The Labute approximate surface area is 72.3 Å². The van der Waals surface area contributed by atoms with Crippen molar-refractivity contribution in [3.63, 3.8) is 0 Å². The van der Waals surface area contributed by atoms with Gasteiger partial charge in [0.15, 0.2) is 5.69 Å². The molecule has 1 unspecified atom stereocenters. The number of esters is 1. The quantitative estimate of drug-likeness (QED) is 0.538. The van der Waals surface area contributed by atoms with Gasteiger partial charge >= 0.3 is 5.97 Å². The highest BCUT2D eigenvalue weighted by Crippen LogP contribution is 2.15. The van der Waals surface area contributed by atoms with Crippen molar-refractivity contribution in [1.82, 2.24) is 9.78 Å². The van der Waals surface area contributed by atoms with Crippen LogP contribution >= 0.6 is 9.39 Å². The summed E-state index contributed by atoms with van der Waals surface area (Å²) in [5, 5.41) is 6.68. The average molecular weight is 187 g/mol. The first kappa shape index (κ1) is 9.00. The molecule has 5 nitrogen and oxygen atoms in total. The van der Waals surface area contributed by atoms with E-state index in [2.05, 4.69) is 24.3 Å². The van der Waals surface area contributed by atoms with E-state index in [9.17, 15) is 4.79 Å². The van der Waals surface area contributed by atoms with Crippen molar-refractivity contribution >= 4 is 21.0 Å². The fourth-order valence-corrected chi connectivity index (χ4v) is 1.05. The largest absolute Gasteiger partial charge is 0.464 e. The summed E-state index contributed by atoms with van der Waals surface area (Å²) in [7, 11) is 5.35. The average Bonchev–Trinajstić information content (AvgIpc) is 2.45. The maximum absolute atomic E-state index is 11.1. The van der Waals surface area contributed by atoms with Crippen molar-refractivity contribution in [2.75, 3.05) is 12.2 Å². The molecule has 0 fully saturated rings. The molecule has 0 radical (unpaired) electrons. The number of aryl methyl sites for hydroxylation is 1. The van der Waals surface area contributed by atoms with Crippen LogP contribution in [0.25, 0.3) is 0 Å². The van der Waals surface area contributed by atoms with E-state index in [0.29, 0.717) is 5.69 Å². The smallest absolute Gasteiger partial charge is 0.360 e. The molecule has 66 valence electrons. The Morgan fingerprint density at radius 2 is 2.50 bits per heavy atom. The second-order valence-electron chi connectivity index (χ2n) is 2.20. The lowest BCUT2D eigenvalue weighted by atomic mass is 10.4. The van der Waals surface area contributed by atoms with Crippen LogP contribution in [0.2, 0.25) is 0 Å². The number of rotatable bonds is 2. The first-order valence-corrected chi connectivity index (χ1v) is 3.85. The fourth-order valence-electron chi connectivity index (χ4n) is 0.842. The van der Waals surface area contributed by atoms with Crippen LogP contribution < -0.4 is 5.09 Å². The van der Waals surface area contributed by atoms with E-state index in [1.165, 1.54) is 7.11 Å². The summed E-state index contributed by atoms with van der Waals surface area (Å²) in [5.41, 5.74) is 0.921. The van der Waals surface area contributed by atoms with Crippen molar-refractivity contribution < 1.29 is 9.53 Å². The number of methoxy groups -OCH3 is 1. The highest BCUT2D eigenvalue weighted by molar-refractivity contribution is 7.18. The monoisotopic (exact) mass is 187 g/mol. The number of carbonyl (C=O) groups excluding carboxylic acids is 1. The van der Waals surface area contributed by atoms with E-state index in [0.717, 1.165) is 0 Å². The number of nitrogens with one attached hydrogen (secondary N) is 1. The lowest BCUT2D eigenvalue weighted by Gasteiger charge is -1.96. The number of ether oxygens (including phenoxy) is 1. The molecule has 1 aromatic heterocycles. The lowest BCUT2D eigenvalue weighted by molar-refractivity contribution is 0.0594. The van der Waals surface area contributed by atoms with Gasteiger partial charge in [-0.2, -0.15) is 5.10 Å². The molecular formula is C6H10N3O2P. The van der Waals surface area contributed by atoms with Crippen LogP contribution in [0, 0.1) is 0 Å². The summed E-state index contributed by atoms with van der Waals surface area (Å²) in [4.78, 5) is 11.1. The fraction of sp³-hybridized carbons (Fsp3) is 0.333. The zero-order valence-corrected chi connectivity index (χ0v) is 8.02. The molecule has 0 aromatic carbocycles.